The van der Waals surface area contributed by atoms with Crippen LogP contribution in [0.5, 0.6) is 0 Å². The number of amides is 1. The number of hydrogen-bond acceptors (Lipinski definition) is 8. The number of carbonyl (C=O) groups excluding carboxylic acids is 2. The van der Waals surface area contributed by atoms with E-state index < -0.39 is 23.2 Å². The van der Waals surface area contributed by atoms with E-state index in [0.29, 0.717) is 35.3 Å². The van der Waals surface area contributed by atoms with Gasteiger partial charge in [0.2, 0.25) is 5.91 Å². The van der Waals surface area contributed by atoms with Crippen molar-refractivity contribution >= 4 is 29.3 Å². The van der Waals surface area contributed by atoms with Crippen molar-refractivity contribution < 1.29 is 33.7 Å². The van der Waals surface area contributed by atoms with E-state index in [1.165, 1.54) is 6.07 Å². The molecule has 2 atom stereocenters. The lowest BCUT2D eigenvalue weighted by molar-refractivity contribution is -0.172. The van der Waals surface area contributed by atoms with Crippen LogP contribution in [-0.4, -0.2) is 43.7 Å². The van der Waals surface area contributed by atoms with Crippen molar-refractivity contribution in [3.63, 3.8) is 0 Å². The zero-order valence-corrected chi connectivity index (χ0v) is 23.1. The van der Waals surface area contributed by atoms with E-state index in [9.17, 15) is 23.9 Å². The van der Waals surface area contributed by atoms with Gasteiger partial charge < -0.3 is 30.6 Å². The van der Waals surface area contributed by atoms with Gasteiger partial charge in [0, 0.05) is 22.6 Å². The van der Waals surface area contributed by atoms with Crippen LogP contribution < -0.4 is 16.6 Å². The molecule has 216 valence electrons. The number of fused-ring (bicyclic) bond motifs is 5. The molecule has 3 aliphatic rings. The van der Waals surface area contributed by atoms with Gasteiger partial charge in [-0.25, -0.2) is 14.2 Å². The van der Waals surface area contributed by atoms with Crippen molar-refractivity contribution in [2.45, 2.75) is 77.3 Å². The molecule has 41 heavy (non-hydrogen) atoms. The van der Waals surface area contributed by atoms with Crippen LogP contribution in [0.3, 0.4) is 0 Å². The molecule has 12 heteroatoms. The number of pyridine rings is 2. The lowest BCUT2D eigenvalue weighted by Gasteiger charge is -2.31. The van der Waals surface area contributed by atoms with Gasteiger partial charge in [-0.15, -0.1) is 0 Å². The Labute approximate surface area is 234 Å². The lowest BCUT2D eigenvalue weighted by atomic mass is 9.81. The number of hydrogen-bond donors (Lipinski definition) is 4. The maximum Gasteiger partial charge on any atom is 0.343 e. The van der Waals surface area contributed by atoms with Gasteiger partial charge in [-0.1, -0.05) is 6.92 Å². The number of aryl methyl sites for hydroxylation is 1. The van der Waals surface area contributed by atoms with Crippen LogP contribution in [0.1, 0.15) is 73.0 Å². The van der Waals surface area contributed by atoms with Crippen LogP contribution in [0.15, 0.2) is 16.9 Å². The maximum atomic E-state index is 15.0. The number of nitrogens with two attached hydrogens (primary N) is 1. The van der Waals surface area contributed by atoms with Gasteiger partial charge in [-0.05, 0) is 62.8 Å². The van der Waals surface area contributed by atoms with Gasteiger partial charge in [0.1, 0.15) is 12.4 Å². The van der Waals surface area contributed by atoms with Crippen LogP contribution >= 0.6 is 0 Å². The molecule has 11 nitrogen and oxygen atoms in total. The smallest absolute Gasteiger partial charge is 0.343 e. The van der Waals surface area contributed by atoms with E-state index in [0.717, 1.165) is 22.1 Å². The highest BCUT2D eigenvalue weighted by Crippen LogP contribution is 2.46. The molecule has 2 aliphatic heterocycles. The molecule has 0 fully saturated rings. The molecule has 0 radical (unpaired) electrons. The second kappa shape index (κ2) is 9.74. The number of cyclic esters (lactones) is 1. The lowest BCUT2D eigenvalue weighted by Crippen LogP contribution is -2.50. The number of aliphatic hydroxyl groups is 1. The summed E-state index contributed by atoms with van der Waals surface area (Å²) in [5, 5.41) is 21.9. The zero-order valence-electron chi connectivity index (χ0n) is 23.1. The Bertz CT molecular complexity index is 1710. The standard InChI is InChI=1S/C28H29FN4O5.CH2O2/c1-5-28(37)16-8-20-23-14(10-33(20)24(34)15(16)11-38-26(28)36)22-18(32-25(35)27(3,4)30)7-6-13-12(2)17(29)9-19(31-23)21(13)22;2-1-3/h8-9,18,37H,5-7,10-11,30H2,1-4H3,(H,32,35);1H,(H,2,3)/t18-,28-;/m0./s1. The third-order valence-corrected chi connectivity index (χ3v) is 8.27. The largest absolute Gasteiger partial charge is 0.483 e. The molecule has 0 bridgehead atoms. The van der Waals surface area contributed by atoms with Crippen molar-refractivity contribution in [1.82, 2.24) is 14.9 Å². The Morgan fingerprint density at radius 1 is 1.32 bits per heavy atom. The molecule has 1 aliphatic carbocycles. The molecule has 5 N–H and O–H groups in total. The second-order valence-corrected chi connectivity index (χ2v) is 11.2. The fourth-order valence-electron chi connectivity index (χ4n) is 6.04. The van der Waals surface area contributed by atoms with Crippen LogP contribution in [-0.2, 0) is 44.3 Å². The minimum Gasteiger partial charge on any atom is -0.483 e. The third kappa shape index (κ3) is 4.20. The van der Waals surface area contributed by atoms with E-state index in [2.05, 4.69) is 5.32 Å². The highest BCUT2D eigenvalue weighted by molar-refractivity contribution is 5.94. The monoisotopic (exact) mass is 566 g/mol. The Hall–Kier alpha value is -4.16. The number of nitrogens with one attached hydrogen (secondary N) is 1. The summed E-state index contributed by atoms with van der Waals surface area (Å²) in [7, 11) is 0. The van der Waals surface area contributed by atoms with Gasteiger partial charge >= 0.3 is 5.97 Å². The summed E-state index contributed by atoms with van der Waals surface area (Å²) in [5.74, 6) is -1.50. The average molecular weight is 567 g/mol. The molecule has 4 heterocycles. The molecule has 0 saturated heterocycles. The number of ether oxygens (including phenoxy) is 1. The van der Waals surface area contributed by atoms with Crippen LogP contribution in [0, 0.1) is 12.7 Å². The summed E-state index contributed by atoms with van der Waals surface area (Å²) in [6, 6.07) is 2.59. The predicted molar refractivity (Wildman–Crippen MR) is 145 cm³/mol. The Balaban J connectivity index is 0.00000108. The second-order valence-electron chi connectivity index (χ2n) is 11.2. The van der Waals surface area contributed by atoms with E-state index in [1.54, 1.807) is 38.3 Å². The van der Waals surface area contributed by atoms with Crippen LogP contribution in [0.2, 0.25) is 0 Å². The number of halogens is 1. The van der Waals surface area contributed by atoms with E-state index in [4.69, 9.17) is 25.4 Å². The van der Waals surface area contributed by atoms with Gasteiger partial charge in [0.05, 0.1) is 40.6 Å². The van der Waals surface area contributed by atoms with Crippen molar-refractivity contribution in [2.75, 3.05) is 0 Å². The van der Waals surface area contributed by atoms with Crippen molar-refractivity contribution in [3.05, 3.63) is 61.7 Å². The molecule has 2 aromatic heterocycles. The molecule has 1 amide bonds. The Morgan fingerprint density at radius 3 is 2.63 bits per heavy atom. The normalized spacial score (nSPS) is 20.3. The number of carbonyl (C=O) groups is 3. The summed E-state index contributed by atoms with van der Waals surface area (Å²) < 4.78 is 21.7. The molecule has 3 aromatic rings. The summed E-state index contributed by atoms with van der Waals surface area (Å²) in [4.78, 5) is 52.2. The SMILES string of the molecule is CC[C@@]1(O)C(=O)OCc2c1cc1n(c2=O)Cc2c-1nc1cc(F)c(C)c3c1c2[C@@H](NC(=O)C(C)(C)N)CC3.O=CO. The number of esters is 1. The molecule has 0 unspecified atom stereocenters. The van der Waals surface area contributed by atoms with Gasteiger partial charge in [-0.2, -0.15) is 0 Å². The molecular weight excluding hydrogens is 535 g/mol. The van der Waals surface area contributed by atoms with Crippen LogP contribution in [0.4, 0.5) is 4.39 Å². The van der Waals surface area contributed by atoms with Crippen molar-refractivity contribution in [1.29, 1.82) is 0 Å². The zero-order chi connectivity index (χ0) is 30.0. The molecule has 1 aromatic carbocycles. The fourth-order valence-corrected chi connectivity index (χ4v) is 6.04. The summed E-state index contributed by atoms with van der Waals surface area (Å²) in [6.45, 7) is 6.34. The maximum absolute atomic E-state index is 15.0. The highest BCUT2D eigenvalue weighted by Gasteiger charge is 2.46. The number of benzene rings is 1. The summed E-state index contributed by atoms with van der Waals surface area (Å²) >= 11 is 0. The van der Waals surface area contributed by atoms with E-state index >= 15 is 0 Å². The number of nitrogens with zero attached hydrogens (tertiary/aromatic N) is 2. The quantitative estimate of drug-likeness (QED) is 0.214. The first-order valence-electron chi connectivity index (χ1n) is 13.3. The Morgan fingerprint density at radius 2 is 2.00 bits per heavy atom. The van der Waals surface area contributed by atoms with E-state index in [-0.39, 0.29) is 54.5 Å². The average Bonchev–Trinajstić information content (AvgIpc) is 3.28. The number of carboxylic acid groups (broad SMARTS) is 1. The minimum absolute atomic E-state index is 0.0296. The number of aromatic nitrogens is 2. The van der Waals surface area contributed by atoms with E-state index in [1.807, 2.05) is 0 Å². The first kappa shape index (κ1) is 28.4. The van der Waals surface area contributed by atoms with Crippen molar-refractivity contribution in [3.8, 4) is 11.4 Å². The first-order valence-corrected chi connectivity index (χ1v) is 13.3. The summed E-state index contributed by atoms with van der Waals surface area (Å²) in [6.07, 6.45) is 1.11. The molecule has 0 saturated carbocycles. The van der Waals surface area contributed by atoms with Crippen molar-refractivity contribution in [2.24, 2.45) is 5.73 Å². The minimum atomic E-state index is -1.95. The van der Waals surface area contributed by atoms with Gasteiger partial charge in [-0.3, -0.25) is 14.4 Å². The number of rotatable bonds is 3. The van der Waals surface area contributed by atoms with Crippen LogP contribution in [0.25, 0.3) is 22.3 Å². The fraction of sp³-hybridized carbons (Fsp3) is 0.414. The first-order chi connectivity index (χ1) is 19.3. The highest BCUT2D eigenvalue weighted by atomic mass is 19.1. The summed E-state index contributed by atoms with van der Waals surface area (Å²) in [5.41, 5.74) is 7.31. The Kier molecular flexibility index (Phi) is 6.74. The topological polar surface area (TPSA) is 174 Å². The predicted octanol–water partition coefficient (Wildman–Crippen LogP) is 2.07. The third-order valence-electron chi connectivity index (χ3n) is 8.27. The molecule has 6 rings (SSSR count). The molecule has 0 spiro atoms. The van der Waals surface area contributed by atoms with Gasteiger partial charge in [0.25, 0.3) is 12.0 Å². The molecular formula is C29H31FN4O7. The van der Waals surface area contributed by atoms with Gasteiger partial charge in [0.15, 0.2) is 5.60 Å².